The van der Waals surface area contributed by atoms with Crippen LogP contribution in [-0.4, -0.2) is 54.3 Å². The van der Waals surface area contributed by atoms with Gasteiger partial charge in [0, 0.05) is 35.9 Å². The SMILES string of the molecule is CCO[Si](CCCSC(C)(C)C1CCC(C)C(Sc2nc3ccccc3[nH]2)C1)(OCC)OCC. The molecule has 1 heterocycles. The maximum Gasteiger partial charge on any atom is 0.500 e. The van der Waals surface area contributed by atoms with Gasteiger partial charge in [0.05, 0.1) is 11.0 Å². The molecule has 1 aliphatic carbocycles. The van der Waals surface area contributed by atoms with Crippen molar-refractivity contribution in [1.29, 1.82) is 0 Å². The summed E-state index contributed by atoms with van der Waals surface area (Å²) < 4.78 is 18.4. The lowest BCUT2D eigenvalue weighted by molar-refractivity contribution is 0.0712. The van der Waals surface area contributed by atoms with Crippen molar-refractivity contribution in [3.05, 3.63) is 24.3 Å². The summed E-state index contributed by atoms with van der Waals surface area (Å²) in [6.45, 7) is 15.3. The number of aromatic nitrogens is 2. The molecule has 5 nitrogen and oxygen atoms in total. The summed E-state index contributed by atoms with van der Waals surface area (Å²) in [5.41, 5.74) is 2.19. The Labute approximate surface area is 216 Å². The highest BCUT2D eigenvalue weighted by molar-refractivity contribution is 8.00. The van der Waals surface area contributed by atoms with Crippen LogP contribution in [-0.2, 0) is 13.3 Å². The second-order valence-corrected chi connectivity index (χ2v) is 15.4. The van der Waals surface area contributed by atoms with E-state index in [0.717, 1.165) is 34.4 Å². The van der Waals surface area contributed by atoms with Crippen molar-refractivity contribution < 1.29 is 13.3 Å². The summed E-state index contributed by atoms with van der Waals surface area (Å²) in [5, 5.41) is 1.67. The first-order valence-electron chi connectivity index (χ1n) is 13.0. The molecule has 1 aromatic heterocycles. The maximum absolute atomic E-state index is 6.04. The fraction of sp³-hybridized carbons (Fsp3) is 0.731. The lowest BCUT2D eigenvalue weighted by atomic mass is 9.77. The minimum Gasteiger partial charge on any atom is -0.374 e. The van der Waals surface area contributed by atoms with Crippen molar-refractivity contribution in [2.24, 2.45) is 11.8 Å². The fourth-order valence-electron chi connectivity index (χ4n) is 4.95. The van der Waals surface area contributed by atoms with Gasteiger partial charge in [0.25, 0.3) is 0 Å². The van der Waals surface area contributed by atoms with E-state index in [4.69, 9.17) is 18.3 Å². The van der Waals surface area contributed by atoms with Gasteiger partial charge in [-0.15, -0.1) is 0 Å². The monoisotopic (exact) mass is 524 g/mol. The molecule has 0 amide bonds. The van der Waals surface area contributed by atoms with Crippen molar-refractivity contribution in [2.75, 3.05) is 25.6 Å². The Morgan fingerprint density at radius 1 is 1.06 bits per heavy atom. The zero-order valence-corrected chi connectivity index (χ0v) is 24.5. The van der Waals surface area contributed by atoms with E-state index in [2.05, 4.69) is 61.8 Å². The van der Waals surface area contributed by atoms with Gasteiger partial charge < -0.3 is 18.3 Å². The second-order valence-electron chi connectivity index (χ2n) is 9.74. The van der Waals surface area contributed by atoms with E-state index in [1.807, 2.05) is 32.5 Å². The number of para-hydroxylation sites is 2. The highest BCUT2D eigenvalue weighted by Crippen LogP contribution is 2.47. The molecule has 1 N–H and O–H groups in total. The molecule has 1 aliphatic rings. The predicted molar refractivity (Wildman–Crippen MR) is 149 cm³/mol. The third-order valence-corrected chi connectivity index (χ3v) is 13.0. The normalized spacial score (nSPS) is 21.9. The van der Waals surface area contributed by atoms with E-state index in [0.29, 0.717) is 36.9 Å². The van der Waals surface area contributed by atoms with Crippen LogP contribution in [0.4, 0.5) is 0 Å². The lowest BCUT2D eigenvalue weighted by Crippen LogP contribution is -2.46. The van der Waals surface area contributed by atoms with Crippen molar-refractivity contribution in [2.45, 2.75) is 88.4 Å². The van der Waals surface area contributed by atoms with E-state index >= 15 is 0 Å². The Morgan fingerprint density at radius 2 is 1.74 bits per heavy atom. The van der Waals surface area contributed by atoms with Gasteiger partial charge in [0.15, 0.2) is 5.16 Å². The number of benzene rings is 1. The standard InChI is InChI=1S/C26H44N2O3S2Si/c1-7-29-34(30-8-2,31-9-3)18-12-17-32-26(5,6)21-16-15-20(4)24(19-21)33-25-27-22-13-10-11-14-23(22)28-25/h10-11,13-14,20-21,24H,7-9,12,15-19H2,1-6H3,(H,27,28). The molecule has 0 radical (unpaired) electrons. The van der Waals surface area contributed by atoms with Crippen molar-refractivity contribution in [3.63, 3.8) is 0 Å². The maximum atomic E-state index is 6.04. The molecule has 3 atom stereocenters. The Kier molecular flexibility index (Phi) is 10.9. The van der Waals surface area contributed by atoms with Gasteiger partial charge in [-0.05, 0) is 76.2 Å². The van der Waals surface area contributed by atoms with Crippen LogP contribution in [0.2, 0.25) is 6.04 Å². The number of hydrogen-bond donors (Lipinski definition) is 1. The van der Waals surface area contributed by atoms with Crippen LogP contribution in [0, 0.1) is 11.8 Å². The van der Waals surface area contributed by atoms with E-state index in [-0.39, 0.29) is 4.75 Å². The summed E-state index contributed by atoms with van der Waals surface area (Å²) in [7, 11) is -2.54. The van der Waals surface area contributed by atoms with E-state index in [1.165, 1.54) is 19.3 Å². The molecule has 0 spiro atoms. The van der Waals surface area contributed by atoms with Gasteiger partial charge >= 0.3 is 8.80 Å². The molecule has 192 valence electrons. The van der Waals surface area contributed by atoms with Crippen molar-refractivity contribution in [1.82, 2.24) is 9.97 Å². The summed E-state index contributed by atoms with van der Waals surface area (Å²) in [6.07, 6.45) is 4.93. The fourth-order valence-corrected chi connectivity index (χ4v) is 10.4. The molecule has 1 fully saturated rings. The van der Waals surface area contributed by atoms with Gasteiger partial charge in [-0.1, -0.05) is 44.7 Å². The Morgan fingerprint density at radius 3 is 2.38 bits per heavy atom. The first-order chi connectivity index (χ1) is 16.3. The van der Waals surface area contributed by atoms with Gasteiger partial charge in [-0.2, -0.15) is 11.8 Å². The molecule has 1 aromatic carbocycles. The largest absolute Gasteiger partial charge is 0.500 e. The quantitative estimate of drug-likeness (QED) is 0.205. The molecule has 8 heteroatoms. The van der Waals surface area contributed by atoms with Crippen LogP contribution in [0.15, 0.2) is 29.4 Å². The van der Waals surface area contributed by atoms with Crippen LogP contribution in [0.25, 0.3) is 11.0 Å². The second kappa shape index (κ2) is 13.2. The number of nitrogens with one attached hydrogen (secondary N) is 1. The zero-order valence-electron chi connectivity index (χ0n) is 21.9. The van der Waals surface area contributed by atoms with Crippen LogP contribution in [0.5, 0.6) is 0 Å². The third kappa shape index (κ3) is 7.50. The zero-order chi connectivity index (χ0) is 24.6. The van der Waals surface area contributed by atoms with Gasteiger partial charge in [0.2, 0.25) is 0 Å². The number of thioether (sulfide) groups is 2. The number of nitrogens with zero attached hydrogens (tertiary/aromatic N) is 1. The van der Waals surface area contributed by atoms with Gasteiger partial charge in [0.1, 0.15) is 0 Å². The van der Waals surface area contributed by atoms with Crippen LogP contribution >= 0.6 is 23.5 Å². The molecule has 3 rings (SSSR count). The molecule has 0 saturated heterocycles. The number of imidazole rings is 1. The average Bonchev–Trinajstić information content (AvgIpc) is 3.21. The first-order valence-corrected chi connectivity index (χ1v) is 16.8. The third-order valence-electron chi connectivity index (χ3n) is 6.93. The van der Waals surface area contributed by atoms with Crippen molar-refractivity contribution >= 4 is 43.4 Å². The molecular formula is C26H44N2O3S2Si. The van der Waals surface area contributed by atoms with Gasteiger partial charge in [-0.25, -0.2) is 4.98 Å². The summed E-state index contributed by atoms with van der Waals surface area (Å²) in [5.74, 6) is 2.54. The molecular weight excluding hydrogens is 481 g/mol. The Balaban J connectivity index is 1.54. The summed E-state index contributed by atoms with van der Waals surface area (Å²) >= 11 is 4.06. The molecule has 34 heavy (non-hydrogen) atoms. The molecule has 1 saturated carbocycles. The Hall–Kier alpha value is -0.513. The van der Waals surface area contributed by atoms with E-state index in [9.17, 15) is 0 Å². The minimum atomic E-state index is -2.54. The number of fused-ring (bicyclic) bond motifs is 1. The summed E-state index contributed by atoms with van der Waals surface area (Å²) in [6, 6.07) is 9.22. The number of hydrogen-bond acceptors (Lipinski definition) is 6. The predicted octanol–water partition coefficient (Wildman–Crippen LogP) is 7.41. The van der Waals surface area contributed by atoms with Crippen LogP contribution in [0.1, 0.15) is 67.2 Å². The van der Waals surface area contributed by atoms with Crippen molar-refractivity contribution in [3.8, 4) is 0 Å². The lowest BCUT2D eigenvalue weighted by Gasteiger charge is -2.42. The van der Waals surface area contributed by atoms with E-state index < -0.39 is 8.80 Å². The average molecular weight is 525 g/mol. The van der Waals surface area contributed by atoms with Gasteiger partial charge in [-0.3, -0.25) is 0 Å². The Bertz CT molecular complexity index is 829. The van der Waals surface area contributed by atoms with Crippen LogP contribution in [0.3, 0.4) is 0 Å². The first kappa shape index (κ1) is 28.1. The molecule has 0 bridgehead atoms. The smallest absolute Gasteiger partial charge is 0.374 e. The van der Waals surface area contributed by atoms with Crippen LogP contribution < -0.4 is 0 Å². The molecule has 3 unspecified atom stereocenters. The number of H-pyrrole nitrogens is 1. The topological polar surface area (TPSA) is 56.4 Å². The highest BCUT2D eigenvalue weighted by atomic mass is 32.2. The summed E-state index contributed by atoms with van der Waals surface area (Å²) in [4.78, 5) is 8.35. The molecule has 2 aromatic rings. The minimum absolute atomic E-state index is 0.250. The number of rotatable bonds is 14. The van der Waals surface area contributed by atoms with E-state index in [1.54, 1.807) is 0 Å². The highest BCUT2D eigenvalue weighted by Gasteiger charge is 2.41. The molecule has 0 aliphatic heterocycles. The number of aromatic amines is 1.